The average Bonchev–Trinajstić information content (AvgIpc) is 2.79. The highest BCUT2D eigenvalue weighted by Gasteiger charge is 2.16. The molecule has 2 aliphatic rings. The monoisotopic (exact) mass is 392 g/mol. The predicted octanol–water partition coefficient (Wildman–Crippen LogP) is 4.72. The predicted molar refractivity (Wildman–Crippen MR) is 120 cm³/mol. The summed E-state index contributed by atoms with van der Waals surface area (Å²) < 4.78 is 2.18. The van der Waals surface area contributed by atoms with Crippen LogP contribution in [-0.4, -0.2) is 21.4 Å². The number of hydrogen-bond donors (Lipinski definition) is 2. The van der Waals surface area contributed by atoms with Crippen molar-refractivity contribution in [1.82, 2.24) is 9.55 Å². The van der Waals surface area contributed by atoms with Crippen molar-refractivity contribution >= 4 is 22.4 Å². The summed E-state index contributed by atoms with van der Waals surface area (Å²) in [4.78, 5) is 9.22. The Hall–Kier alpha value is -3.96. The van der Waals surface area contributed by atoms with Gasteiger partial charge in [-0.3, -0.25) is 4.99 Å². The molecule has 0 aromatic heterocycles. The van der Waals surface area contributed by atoms with Crippen LogP contribution in [0.25, 0.3) is 28.1 Å². The zero-order valence-electron chi connectivity index (χ0n) is 16.2. The lowest BCUT2D eigenvalue weighted by molar-refractivity contribution is 0.305. The first-order valence-corrected chi connectivity index (χ1v) is 9.78. The van der Waals surface area contributed by atoms with Gasteiger partial charge in [0.25, 0.3) is 0 Å². The maximum Gasteiger partial charge on any atom is 0.135 e. The highest BCUT2D eigenvalue weighted by atomic mass is 16.3. The Morgan fingerprint density at radius 3 is 2.30 bits per heavy atom. The lowest BCUT2D eigenvalue weighted by Crippen LogP contribution is -2.15. The second-order valence-electron chi connectivity index (χ2n) is 6.92. The Kier molecular flexibility index (Phi) is 4.71. The summed E-state index contributed by atoms with van der Waals surface area (Å²) in [6, 6.07) is 32.2. The van der Waals surface area contributed by atoms with E-state index in [0.29, 0.717) is 5.36 Å². The van der Waals surface area contributed by atoms with Crippen LogP contribution in [0.15, 0.2) is 102 Å². The van der Waals surface area contributed by atoms with Crippen LogP contribution < -0.4 is 10.7 Å². The molecule has 0 spiro atoms. The summed E-state index contributed by atoms with van der Waals surface area (Å²) >= 11 is 0. The Morgan fingerprint density at radius 1 is 0.833 bits per heavy atom. The summed E-state index contributed by atoms with van der Waals surface area (Å²) in [6.07, 6.45) is 0. The lowest BCUT2D eigenvalue weighted by Gasteiger charge is -2.20. The number of rotatable bonds is 4. The van der Waals surface area contributed by atoms with Gasteiger partial charge in [-0.15, -0.1) is 0 Å². The third-order valence-electron chi connectivity index (χ3n) is 5.01. The van der Waals surface area contributed by atoms with Gasteiger partial charge in [0.2, 0.25) is 0 Å². The first-order chi connectivity index (χ1) is 14.8. The molecule has 5 heteroatoms. The van der Waals surface area contributed by atoms with E-state index in [0.717, 1.165) is 39.5 Å². The number of nitrogens with zero attached hydrogens (tertiary/aromatic N) is 3. The van der Waals surface area contributed by atoms with Crippen molar-refractivity contribution in [3.63, 3.8) is 0 Å². The molecule has 0 radical (unpaired) electrons. The van der Waals surface area contributed by atoms with Crippen molar-refractivity contribution in [3.05, 3.63) is 102 Å². The van der Waals surface area contributed by atoms with E-state index < -0.39 is 0 Å². The van der Waals surface area contributed by atoms with Crippen molar-refractivity contribution < 1.29 is 5.11 Å². The van der Waals surface area contributed by atoms with Gasteiger partial charge in [-0.1, -0.05) is 48.5 Å². The number of para-hydroxylation sites is 4. The topological polar surface area (TPSA) is 62.4 Å². The first-order valence-electron chi connectivity index (χ1n) is 9.78. The van der Waals surface area contributed by atoms with Crippen LogP contribution in [-0.2, 0) is 0 Å². The Morgan fingerprint density at radius 2 is 1.53 bits per heavy atom. The molecule has 1 aliphatic heterocycles. The van der Waals surface area contributed by atoms with Crippen molar-refractivity contribution in [2.24, 2.45) is 4.99 Å². The van der Waals surface area contributed by atoms with Gasteiger partial charge < -0.3 is 15.0 Å². The second kappa shape index (κ2) is 7.81. The van der Waals surface area contributed by atoms with Crippen LogP contribution in [0, 0.1) is 0 Å². The van der Waals surface area contributed by atoms with Crippen molar-refractivity contribution in [2.75, 3.05) is 12.0 Å². The Balaban J connectivity index is 1.82. The molecule has 1 aliphatic carbocycles. The maximum absolute atomic E-state index is 9.52. The van der Waals surface area contributed by atoms with E-state index in [4.69, 9.17) is 4.98 Å². The summed E-state index contributed by atoms with van der Waals surface area (Å²) in [5, 5.41) is 13.6. The summed E-state index contributed by atoms with van der Waals surface area (Å²) in [7, 11) is 0. The van der Waals surface area contributed by atoms with Gasteiger partial charge in [0.15, 0.2) is 0 Å². The van der Waals surface area contributed by atoms with Crippen LogP contribution >= 0.6 is 0 Å². The van der Waals surface area contributed by atoms with Gasteiger partial charge in [0.05, 0.1) is 33.5 Å². The van der Waals surface area contributed by atoms with Crippen LogP contribution in [0.2, 0.25) is 0 Å². The molecule has 0 bridgehead atoms. The molecule has 146 valence electrons. The number of benzene rings is 4. The molecule has 0 amide bonds. The molecule has 5 rings (SSSR count). The van der Waals surface area contributed by atoms with Gasteiger partial charge in [-0.2, -0.15) is 0 Å². The van der Waals surface area contributed by atoms with Gasteiger partial charge >= 0.3 is 0 Å². The zero-order valence-corrected chi connectivity index (χ0v) is 16.2. The normalized spacial score (nSPS) is 11.8. The van der Waals surface area contributed by atoms with E-state index >= 15 is 0 Å². The fourth-order valence-corrected chi connectivity index (χ4v) is 3.68. The second-order valence-corrected chi connectivity index (χ2v) is 6.92. The fraction of sp³-hybridized carbons (Fsp3) is 0.0400. The third kappa shape index (κ3) is 3.32. The standard InChI is InChI=1S/C25H20N4O/c30-17-26-21-16-25-23(15-22(21)27-18-9-3-1-4-10-18)28-20-13-7-8-14-24(20)29(25)19-11-5-2-6-12-19/h1-16,27,30H,17H2/b26-21+. The lowest BCUT2D eigenvalue weighted by atomic mass is 10.1. The quantitative estimate of drug-likeness (QED) is 0.435. The third-order valence-corrected chi connectivity index (χ3v) is 5.01. The van der Waals surface area contributed by atoms with E-state index in [-0.39, 0.29) is 6.73 Å². The Bertz CT molecular complexity index is 1340. The number of aliphatic hydroxyl groups excluding tert-OH is 1. The SMILES string of the molecule is OC/N=c1\cc2n(-c3ccccc3)c3ccccc3nc-2cc1Nc1ccccc1. The fourth-order valence-electron chi connectivity index (χ4n) is 3.68. The molecule has 0 atom stereocenters. The number of aliphatic hydroxyl groups is 1. The molecule has 3 aromatic carbocycles. The Labute approximate surface area is 174 Å². The molecule has 0 fully saturated rings. The minimum absolute atomic E-state index is 0.290. The number of fused-ring (bicyclic) bond motifs is 2. The molecular formula is C25H20N4O. The molecule has 2 N–H and O–H groups in total. The molecule has 0 saturated carbocycles. The largest absolute Gasteiger partial charge is 0.375 e. The van der Waals surface area contributed by atoms with Crippen molar-refractivity contribution in [3.8, 4) is 17.1 Å². The van der Waals surface area contributed by atoms with Crippen molar-refractivity contribution in [1.29, 1.82) is 0 Å². The molecule has 1 heterocycles. The summed E-state index contributed by atoms with van der Waals surface area (Å²) in [5.41, 5.74) is 6.47. The van der Waals surface area contributed by atoms with Gasteiger partial charge in [-0.25, -0.2) is 4.98 Å². The highest BCUT2D eigenvalue weighted by molar-refractivity contribution is 5.84. The van der Waals surface area contributed by atoms with Crippen molar-refractivity contribution in [2.45, 2.75) is 0 Å². The number of anilines is 2. The van der Waals surface area contributed by atoms with Gasteiger partial charge in [0.1, 0.15) is 6.73 Å². The van der Waals surface area contributed by atoms with Crippen LogP contribution in [0.1, 0.15) is 0 Å². The maximum atomic E-state index is 9.52. The molecule has 0 unspecified atom stereocenters. The van der Waals surface area contributed by atoms with E-state index in [1.165, 1.54) is 0 Å². The van der Waals surface area contributed by atoms with Gasteiger partial charge in [-0.05, 0) is 48.5 Å². The molecular weight excluding hydrogens is 372 g/mol. The number of aromatic nitrogens is 2. The van der Waals surface area contributed by atoms with Crippen LogP contribution in [0.3, 0.4) is 0 Å². The minimum atomic E-state index is -0.290. The van der Waals surface area contributed by atoms with E-state index in [1.807, 2.05) is 78.9 Å². The minimum Gasteiger partial charge on any atom is -0.375 e. The molecule has 0 saturated heterocycles. The molecule has 3 aromatic rings. The van der Waals surface area contributed by atoms with Crippen LogP contribution in [0.4, 0.5) is 11.4 Å². The number of nitrogens with one attached hydrogen (secondary N) is 1. The van der Waals surface area contributed by atoms with Crippen LogP contribution in [0.5, 0.6) is 0 Å². The van der Waals surface area contributed by atoms with E-state index in [2.05, 4.69) is 33.1 Å². The first kappa shape index (κ1) is 18.1. The molecule has 5 nitrogen and oxygen atoms in total. The summed E-state index contributed by atoms with van der Waals surface area (Å²) in [5.74, 6) is 0. The average molecular weight is 392 g/mol. The highest BCUT2D eigenvalue weighted by Crippen LogP contribution is 2.30. The summed E-state index contributed by atoms with van der Waals surface area (Å²) in [6.45, 7) is -0.290. The zero-order chi connectivity index (χ0) is 20.3. The van der Waals surface area contributed by atoms with E-state index in [9.17, 15) is 5.11 Å². The number of hydrogen-bond acceptors (Lipinski definition) is 4. The van der Waals surface area contributed by atoms with E-state index in [1.54, 1.807) is 0 Å². The van der Waals surface area contributed by atoms with Gasteiger partial charge in [0, 0.05) is 11.4 Å². The smallest absolute Gasteiger partial charge is 0.135 e. The molecule has 30 heavy (non-hydrogen) atoms.